The van der Waals surface area contributed by atoms with E-state index in [2.05, 4.69) is 15.4 Å². The number of benzene rings is 3. The molecule has 1 heterocycles. The molecule has 0 unspecified atom stereocenters. The highest BCUT2D eigenvalue weighted by atomic mass is 127. The first-order valence-electron chi connectivity index (χ1n) is 13.1. The lowest BCUT2D eigenvalue weighted by Crippen LogP contribution is -2.36. The number of sulfonamides is 1. The van der Waals surface area contributed by atoms with Gasteiger partial charge in [0.2, 0.25) is 10.0 Å². The van der Waals surface area contributed by atoms with Crippen LogP contribution in [0.15, 0.2) is 83.9 Å². The summed E-state index contributed by atoms with van der Waals surface area (Å²) in [6, 6.07) is 17.1. The molecule has 42 heavy (non-hydrogen) atoms. The van der Waals surface area contributed by atoms with Crippen LogP contribution in [-0.2, 0) is 21.4 Å². The first-order valence-corrected chi connectivity index (χ1v) is 15.8. The minimum Gasteiger partial charge on any atom is -0.497 e. The van der Waals surface area contributed by atoms with E-state index < -0.39 is 21.7 Å². The lowest BCUT2D eigenvalue weighted by molar-refractivity contribution is -0.117. The van der Waals surface area contributed by atoms with E-state index in [0.717, 1.165) is 9.13 Å². The van der Waals surface area contributed by atoms with Crippen molar-refractivity contribution in [3.63, 3.8) is 0 Å². The molecule has 9 nitrogen and oxygen atoms in total. The second kappa shape index (κ2) is 13.5. The fraction of sp³-hybridized carbons (Fsp3) is 0.233. The van der Waals surface area contributed by atoms with Crippen LogP contribution < -0.4 is 24.8 Å². The van der Waals surface area contributed by atoms with Gasteiger partial charge in [-0.1, -0.05) is 18.2 Å². The largest absolute Gasteiger partial charge is 0.497 e. The smallest absolute Gasteiger partial charge is 0.259 e. The summed E-state index contributed by atoms with van der Waals surface area (Å²) in [6.45, 7) is 3.86. The first kappa shape index (κ1) is 31.2. The van der Waals surface area contributed by atoms with Crippen molar-refractivity contribution in [1.29, 1.82) is 0 Å². The summed E-state index contributed by atoms with van der Waals surface area (Å²) in [4.78, 5) is 15.6. The van der Waals surface area contributed by atoms with Gasteiger partial charge in [-0.2, -0.15) is 0 Å². The van der Waals surface area contributed by atoms with Crippen LogP contribution in [0.2, 0.25) is 0 Å². The Morgan fingerprint density at radius 2 is 1.83 bits per heavy atom. The van der Waals surface area contributed by atoms with E-state index in [0.29, 0.717) is 35.1 Å². The summed E-state index contributed by atoms with van der Waals surface area (Å²) >= 11 is 2.03. The molecule has 0 aromatic heterocycles. The topological polar surface area (TPSA) is 109 Å². The van der Waals surface area contributed by atoms with Crippen LogP contribution in [0.5, 0.6) is 11.5 Å². The van der Waals surface area contributed by atoms with E-state index in [4.69, 9.17) is 9.47 Å². The quantitative estimate of drug-likeness (QED) is 0.231. The van der Waals surface area contributed by atoms with E-state index >= 15 is 0 Å². The number of hydrogen-bond donors (Lipinski definition) is 3. The second-order valence-corrected chi connectivity index (χ2v) is 12.7. The third kappa shape index (κ3) is 7.53. The number of carbonyl (C=O) groups is 1. The van der Waals surface area contributed by atoms with Gasteiger partial charge in [0.25, 0.3) is 5.91 Å². The second-order valence-electron chi connectivity index (χ2n) is 9.49. The van der Waals surface area contributed by atoms with E-state index in [-0.39, 0.29) is 29.3 Å². The predicted octanol–water partition coefficient (Wildman–Crippen LogP) is 5.36. The van der Waals surface area contributed by atoms with Crippen molar-refractivity contribution in [1.82, 2.24) is 10.2 Å². The number of likely N-dealkylation sites (N-methyl/N-ethyl adjacent to an activating group) is 1. The number of rotatable bonds is 11. The van der Waals surface area contributed by atoms with Crippen LogP contribution >= 0.6 is 22.6 Å². The van der Waals surface area contributed by atoms with Gasteiger partial charge in [0, 0.05) is 29.3 Å². The molecule has 3 aromatic rings. The lowest BCUT2D eigenvalue weighted by Gasteiger charge is -2.31. The number of amides is 1. The normalized spacial score (nSPS) is 13.4. The fourth-order valence-corrected chi connectivity index (χ4v) is 5.27. The molecule has 0 spiro atoms. The van der Waals surface area contributed by atoms with Crippen molar-refractivity contribution >= 4 is 49.9 Å². The standard InChI is InChI=1S/C30H32FIN4O5S/c1-5-42(38,39)35-24-7-6-8-26(19(24)2)41-27-15-16-36(3)29(34-25-14-11-21(32)17-23(25)31)28(27)30(37)33-18-20-9-12-22(40-4)13-10-20/h6-15,17,34-35H,5,16,18H2,1-4H3,(H,33,37). The molecule has 0 aliphatic carbocycles. The Balaban J connectivity index is 1.71. The zero-order valence-electron chi connectivity index (χ0n) is 23.6. The predicted molar refractivity (Wildman–Crippen MR) is 170 cm³/mol. The number of anilines is 2. The molecular formula is C30H32FIN4O5S. The molecule has 0 saturated carbocycles. The Hall–Kier alpha value is -3.78. The average molecular weight is 707 g/mol. The Bertz CT molecular complexity index is 1640. The van der Waals surface area contributed by atoms with Crippen LogP contribution in [-0.4, -0.2) is 45.7 Å². The van der Waals surface area contributed by atoms with E-state index in [1.54, 1.807) is 81.4 Å². The van der Waals surface area contributed by atoms with Crippen molar-refractivity contribution in [3.8, 4) is 11.5 Å². The summed E-state index contributed by atoms with van der Waals surface area (Å²) in [5, 5.41) is 6.02. The first-order chi connectivity index (χ1) is 20.0. The highest BCUT2D eigenvalue weighted by Gasteiger charge is 2.29. The number of methoxy groups -OCH3 is 1. The average Bonchev–Trinajstić information content (AvgIpc) is 2.97. The van der Waals surface area contributed by atoms with Crippen LogP contribution in [0.3, 0.4) is 0 Å². The molecule has 1 aliphatic rings. The van der Waals surface area contributed by atoms with Crippen molar-refractivity contribution in [2.24, 2.45) is 0 Å². The highest BCUT2D eigenvalue weighted by Crippen LogP contribution is 2.32. The molecule has 0 atom stereocenters. The molecule has 1 amide bonds. The summed E-state index contributed by atoms with van der Waals surface area (Å²) in [7, 11) is -0.158. The number of ether oxygens (including phenoxy) is 2. The Morgan fingerprint density at radius 3 is 2.50 bits per heavy atom. The van der Waals surface area contributed by atoms with Gasteiger partial charge in [0.1, 0.15) is 34.5 Å². The summed E-state index contributed by atoms with van der Waals surface area (Å²) in [5.74, 6) is 0.655. The maximum absolute atomic E-state index is 14.9. The summed E-state index contributed by atoms with van der Waals surface area (Å²) in [6.07, 6.45) is 1.75. The van der Waals surface area contributed by atoms with Crippen LogP contribution in [0.25, 0.3) is 0 Å². The van der Waals surface area contributed by atoms with Gasteiger partial charge in [-0.05, 0) is 90.5 Å². The van der Waals surface area contributed by atoms with Crippen molar-refractivity contribution < 1.29 is 27.1 Å². The van der Waals surface area contributed by atoms with Gasteiger partial charge in [-0.25, -0.2) is 12.8 Å². The molecule has 1 aliphatic heterocycles. The van der Waals surface area contributed by atoms with Crippen LogP contribution in [0.4, 0.5) is 15.8 Å². The maximum atomic E-state index is 14.9. The number of halogens is 2. The molecule has 0 radical (unpaired) electrons. The van der Waals surface area contributed by atoms with Crippen molar-refractivity contribution in [2.75, 3.05) is 36.5 Å². The number of hydrogen-bond acceptors (Lipinski definition) is 7. The number of carbonyl (C=O) groups excluding carboxylic acids is 1. The highest BCUT2D eigenvalue weighted by molar-refractivity contribution is 14.1. The molecule has 3 aromatic carbocycles. The third-order valence-electron chi connectivity index (χ3n) is 6.59. The van der Waals surface area contributed by atoms with Crippen molar-refractivity contribution in [3.05, 3.63) is 104 Å². The zero-order valence-corrected chi connectivity index (χ0v) is 26.6. The molecule has 12 heteroatoms. The number of nitrogens with one attached hydrogen (secondary N) is 3. The molecule has 3 N–H and O–H groups in total. The molecule has 4 rings (SSSR count). The SMILES string of the molecule is CCS(=O)(=O)Nc1cccc(OC2=CCN(C)C(Nc3ccc(I)cc3F)=C2C(=O)NCc2ccc(OC)cc2)c1C. The summed E-state index contributed by atoms with van der Waals surface area (Å²) in [5.41, 5.74) is 2.13. The Morgan fingerprint density at radius 1 is 1.10 bits per heavy atom. The molecule has 0 fully saturated rings. The van der Waals surface area contributed by atoms with Gasteiger partial charge in [0.15, 0.2) is 0 Å². The van der Waals surface area contributed by atoms with Crippen molar-refractivity contribution in [2.45, 2.75) is 20.4 Å². The lowest BCUT2D eigenvalue weighted by atomic mass is 10.1. The van der Waals surface area contributed by atoms with Gasteiger partial charge in [-0.15, -0.1) is 0 Å². The van der Waals surface area contributed by atoms with E-state index in [1.165, 1.54) is 6.07 Å². The molecular weight excluding hydrogens is 674 g/mol. The van der Waals surface area contributed by atoms with Crippen LogP contribution in [0.1, 0.15) is 18.1 Å². The Kier molecular flexibility index (Phi) is 9.99. The van der Waals surface area contributed by atoms with Gasteiger partial charge >= 0.3 is 0 Å². The molecule has 0 saturated heterocycles. The third-order valence-corrected chi connectivity index (χ3v) is 8.55. The van der Waals surface area contributed by atoms with E-state index in [1.807, 2.05) is 34.7 Å². The monoisotopic (exact) mass is 706 g/mol. The molecule has 222 valence electrons. The molecule has 0 bridgehead atoms. The Labute approximate surface area is 259 Å². The number of nitrogens with zero attached hydrogens (tertiary/aromatic N) is 1. The minimum absolute atomic E-state index is 0.0829. The van der Waals surface area contributed by atoms with Crippen LogP contribution in [0, 0.1) is 16.3 Å². The van der Waals surface area contributed by atoms with Gasteiger partial charge in [0.05, 0.1) is 24.2 Å². The maximum Gasteiger partial charge on any atom is 0.259 e. The van der Waals surface area contributed by atoms with E-state index in [9.17, 15) is 17.6 Å². The zero-order chi connectivity index (χ0) is 30.4. The minimum atomic E-state index is -3.52. The van der Waals surface area contributed by atoms with Gasteiger partial charge < -0.3 is 25.0 Å². The van der Waals surface area contributed by atoms with Gasteiger partial charge in [-0.3, -0.25) is 9.52 Å². The summed E-state index contributed by atoms with van der Waals surface area (Å²) < 4.78 is 54.1. The fourth-order valence-electron chi connectivity index (χ4n) is 4.12.